The first-order valence-corrected chi connectivity index (χ1v) is 7.83. The zero-order valence-electron chi connectivity index (χ0n) is 14.6. The fourth-order valence-corrected chi connectivity index (χ4v) is 2.83. The summed E-state index contributed by atoms with van der Waals surface area (Å²) < 4.78 is 10.6. The number of nitro groups is 1. The van der Waals surface area contributed by atoms with Gasteiger partial charge in [0.15, 0.2) is 11.5 Å². The van der Waals surface area contributed by atoms with Gasteiger partial charge in [-0.25, -0.2) is 0 Å². The van der Waals surface area contributed by atoms with Crippen molar-refractivity contribution in [1.29, 1.82) is 0 Å². The lowest BCUT2D eigenvalue weighted by atomic mass is 9.90. The summed E-state index contributed by atoms with van der Waals surface area (Å²) in [5, 5.41) is 11.4. The lowest BCUT2D eigenvalue weighted by Crippen LogP contribution is -2.34. The lowest BCUT2D eigenvalue weighted by molar-refractivity contribution is -0.385. The van der Waals surface area contributed by atoms with Gasteiger partial charge in [0.1, 0.15) is 5.56 Å². The molecule has 2 rings (SSSR count). The van der Waals surface area contributed by atoms with Gasteiger partial charge >= 0.3 is 0 Å². The first kappa shape index (κ1) is 21.0. The Balaban J connectivity index is 0.00000312. The Bertz CT molecular complexity index is 655. The van der Waals surface area contributed by atoms with Gasteiger partial charge in [0.25, 0.3) is 11.6 Å². The van der Waals surface area contributed by atoms with Gasteiger partial charge in [-0.15, -0.1) is 12.4 Å². The standard InChI is InChI=1S/C16H23N3O5.ClH/c1-4-24-14-8-12(19(21)22)11(7-13(14)23-3)15(20)18-6-5-16(2,9-17)10-18;/h7-8H,4-6,9-10,17H2,1-3H3;1H. The molecule has 1 unspecified atom stereocenters. The first-order valence-electron chi connectivity index (χ1n) is 7.83. The monoisotopic (exact) mass is 373 g/mol. The summed E-state index contributed by atoms with van der Waals surface area (Å²) in [6.45, 7) is 5.58. The van der Waals surface area contributed by atoms with Crippen LogP contribution in [0.4, 0.5) is 5.69 Å². The van der Waals surface area contributed by atoms with E-state index in [1.807, 2.05) is 6.92 Å². The van der Waals surface area contributed by atoms with Crippen molar-refractivity contribution in [3.05, 3.63) is 27.8 Å². The normalized spacial score (nSPS) is 19.3. The average Bonchev–Trinajstić information content (AvgIpc) is 2.97. The van der Waals surface area contributed by atoms with Crippen LogP contribution in [0.25, 0.3) is 0 Å². The van der Waals surface area contributed by atoms with E-state index in [0.717, 1.165) is 6.42 Å². The maximum Gasteiger partial charge on any atom is 0.286 e. The molecule has 25 heavy (non-hydrogen) atoms. The molecule has 1 aliphatic heterocycles. The number of carbonyl (C=O) groups excluding carboxylic acids is 1. The summed E-state index contributed by atoms with van der Waals surface area (Å²) in [5.74, 6) is 0.156. The summed E-state index contributed by atoms with van der Waals surface area (Å²) in [5.41, 5.74) is 5.33. The van der Waals surface area contributed by atoms with E-state index < -0.39 is 4.92 Å². The molecule has 1 amide bonds. The van der Waals surface area contributed by atoms with Gasteiger partial charge in [-0.2, -0.15) is 0 Å². The van der Waals surface area contributed by atoms with Crippen LogP contribution in [-0.2, 0) is 0 Å². The number of benzene rings is 1. The SMILES string of the molecule is CCOc1cc([N+](=O)[O-])c(C(=O)N2CCC(C)(CN)C2)cc1OC.Cl. The second-order valence-electron chi connectivity index (χ2n) is 6.20. The van der Waals surface area contributed by atoms with Gasteiger partial charge in [0.2, 0.25) is 0 Å². The summed E-state index contributed by atoms with van der Waals surface area (Å²) >= 11 is 0. The highest BCUT2D eigenvalue weighted by Gasteiger charge is 2.37. The highest BCUT2D eigenvalue weighted by molar-refractivity contribution is 5.99. The summed E-state index contributed by atoms with van der Waals surface area (Å²) in [6.07, 6.45) is 0.775. The van der Waals surface area contributed by atoms with E-state index in [9.17, 15) is 14.9 Å². The molecule has 0 bridgehead atoms. The van der Waals surface area contributed by atoms with E-state index in [4.69, 9.17) is 15.2 Å². The molecule has 1 atom stereocenters. The zero-order valence-corrected chi connectivity index (χ0v) is 15.4. The molecule has 1 aromatic rings. The number of hydrogen-bond donors (Lipinski definition) is 1. The predicted molar refractivity (Wildman–Crippen MR) is 95.7 cm³/mol. The van der Waals surface area contributed by atoms with Crippen LogP contribution in [0.5, 0.6) is 11.5 Å². The quantitative estimate of drug-likeness (QED) is 0.605. The number of carbonyl (C=O) groups is 1. The molecule has 0 spiro atoms. The molecule has 0 aromatic heterocycles. The molecule has 8 nitrogen and oxygen atoms in total. The van der Waals surface area contributed by atoms with Gasteiger partial charge in [-0.1, -0.05) is 6.92 Å². The molecule has 0 saturated carbocycles. The number of nitrogens with two attached hydrogens (primary N) is 1. The number of methoxy groups -OCH3 is 1. The van der Waals surface area contributed by atoms with Crippen molar-refractivity contribution in [2.45, 2.75) is 20.3 Å². The van der Waals surface area contributed by atoms with Gasteiger partial charge < -0.3 is 20.1 Å². The number of nitrogens with zero attached hydrogens (tertiary/aromatic N) is 2. The van der Waals surface area contributed by atoms with E-state index in [0.29, 0.717) is 32.0 Å². The van der Waals surface area contributed by atoms with Crippen LogP contribution < -0.4 is 15.2 Å². The Kier molecular flexibility index (Phi) is 7.01. The summed E-state index contributed by atoms with van der Waals surface area (Å²) in [4.78, 5) is 25.2. The molecule has 140 valence electrons. The Morgan fingerprint density at radius 1 is 1.44 bits per heavy atom. The topological polar surface area (TPSA) is 108 Å². The number of nitro benzene ring substituents is 1. The van der Waals surface area contributed by atoms with Gasteiger partial charge in [0.05, 0.1) is 24.7 Å². The number of halogens is 1. The molecule has 1 fully saturated rings. The maximum atomic E-state index is 12.8. The van der Waals surface area contributed by atoms with Crippen molar-refractivity contribution in [3.8, 4) is 11.5 Å². The second-order valence-corrected chi connectivity index (χ2v) is 6.20. The van der Waals surface area contributed by atoms with Crippen LogP contribution in [0.15, 0.2) is 12.1 Å². The van der Waals surface area contributed by atoms with E-state index in [-0.39, 0.29) is 40.7 Å². The first-order chi connectivity index (χ1) is 11.3. The van der Waals surface area contributed by atoms with Crippen LogP contribution in [0, 0.1) is 15.5 Å². The average molecular weight is 374 g/mol. The minimum absolute atomic E-state index is 0. The molecule has 9 heteroatoms. The highest BCUT2D eigenvalue weighted by Crippen LogP contribution is 2.37. The molecular weight excluding hydrogens is 350 g/mol. The number of likely N-dealkylation sites (tertiary alicyclic amines) is 1. The Morgan fingerprint density at radius 2 is 2.12 bits per heavy atom. The number of amides is 1. The molecule has 0 aliphatic carbocycles. The molecule has 1 saturated heterocycles. The second kappa shape index (κ2) is 8.35. The van der Waals surface area contributed by atoms with E-state index >= 15 is 0 Å². The van der Waals surface area contributed by atoms with Crippen molar-refractivity contribution in [2.24, 2.45) is 11.1 Å². The molecule has 1 aliphatic rings. The van der Waals surface area contributed by atoms with Crippen LogP contribution >= 0.6 is 12.4 Å². The number of rotatable bonds is 6. The van der Waals surface area contributed by atoms with Crippen molar-refractivity contribution in [2.75, 3.05) is 33.4 Å². The minimum atomic E-state index is -0.576. The molecule has 0 radical (unpaired) electrons. The van der Waals surface area contributed by atoms with Gasteiger partial charge in [-0.3, -0.25) is 14.9 Å². The third-order valence-corrected chi connectivity index (χ3v) is 4.35. The van der Waals surface area contributed by atoms with Crippen molar-refractivity contribution in [3.63, 3.8) is 0 Å². The van der Waals surface area contributed by atoms with Crippen LogP contribution in [0.3, 0.4) is 0 Å². The molecule has 1 heterocycles. The number of ether oxygens (including phenoxy) is 2. The largest absolute Gasteiger partial charge is 0.493 e. The van der Waals surface area contributed by atoms with Gasteiger partial charge in [0, 0.05) is 19.2 Å². The van der Waals surface area contributed by atoms with Crippen molar-refractivity contribution in [1.82, 2.24) is 4.90 Å². The number of hydrogen-bond acceptors (Lipinski definition) is 6. The maximum absolute atomic E-state index is 12.8. The van der Waals surface area contributed by atoms with E-state index in [1.54, 1.807) is 11.8 Å². The van der Waals surface area contributed by atoms with Gasteiger partial charge in [-0.05, 0) is 25.3 Å². The Hall–Kier alpha value is -2.06. The fraction of sp³-hybridized carbons (Fsp3) is 0.562. The highest BCUT2D eigenvalue weighted by atomic mass is 35.5. The van der Waals surface area contributed by atoms with Crippen LogP contribution in [0.2, 0.25) is 0 Å². The summed E-state index contributed by atoms with van der Waals surface area (Å²) in [7, 11) is 1.43. The van der Waals surface area contributed by atoms with Crippen LogP contribution in [0.1, 0.15) is 30.6 Å². The molecule has 2 N–H and O–H groups in total. The zero-order chi connectivity index (χ0) is 17.9. The molecular formula is C16H24ClN3O5. The smallest absolute Gasteiger partial charge is 0.286 e. The minimum Gasteiger partial charge on any atom is -0.493 e. The predicted octanol–water partition coefficient (Wildman–Crippen LogP) is 2.23. The fourth-order valence-electron chi connectivity index (χ4n) is 2.83. The third-order valence-electron chi connectivity index (χ3n) is 4.35. The van der Waals surface area contributed by atoms with Crippen LogP contribution in [-0.4, -0.2) is 49.1 Å². The Labute approximate surface area is 152 Å². The molecule has 1 aromatic carbocycles. The van der Waals surface area contributed by atoms with E-state index in [1.165, 1.54) is 19.2 Å². The summed E-state index contributed by atoms with van der Waals surface area (Å²) in [6, 6.07) is 2.62. The third kappa shape index (κ3) is 4.32. The van der Waals surface area contributed by atoms with E-state index in [2.05, 4.69) is 0 Å². The van der Waals surface area contributed by atoms with Crippen molar-refractivity contribution < 1.29 is 19.2 Å². The lowest BCUT2D eigenvalue weighted by Gasteiger charge is -2.22. The Morgan fingerprint density at radius 3 is 2.60 bits per heavy atom. The van der Waals surface area contributed by atoms with Crippen molar-refractivity contribution >= 4 is 24.0 Å².